The summed E-state index contributed by atoms with van der Waals surface area (Å²) in [5, 5.41) is 0. The SMILES string of the molecule is COc1ccc(O[C@]2(C)CC[C@H](Br)C(C)(C)O[C@@H]2COC2CCCCO2)cc1. The topological polar surface area (TPSA) is 46.2 Å². The van der Waals surface area contributed by atoms with Crippen LogP contribution in [-0.2, 0) is 14.2 Å². The van der Waals surface area contributed by atoms with Gasteiger partial charge in [0.05, 0.1) is 19.3 Å². The molecule has 2 aliphatic rings. The van der Waals surface area contributed by atoms with E-state index >= 15 is 0 Å². The van der Waals surface area contributed by atoms with Gasteiger partial charge in [0, 0.05) is 11.4 Å². The van der Waals surface area contributed by atoms with Crippen molar-refractivity contribution in [2.24, 2.45) is 0 Å². The van der Waals surface area contributed by atoms with Gasteiger partial charge in [-0.05, 0) is 77.1 Å². The van der Waals surface area contributed by atoms with Crippen LogP contribution in [0.4, 0.5) is 0 Å². The lowest BCUT2D eigenvalue weighted by Gasteiger charge is -2.39. The van der Waals surface area contributed by atoms with Crippen molar-refractivity contribution in [2.75, 3.05) is 20.3 Å². The van der Waals surface area contributed by atoms with E-state index in [0.29, 0.717) is 6.61 Å². The van der Waals surface area contributed by atoms with Crippen LogP contribution in [-0.4, -0.2) is 48.7 Å². The Labute approximate surface area is 177 Å². The van der Waals surface area contributed by atoms with Gasteiger partial charge in [0.1, 0.15) is 23.2 Å². The van der Waals surface area contributed by atoms with E-state index < -0.39 is 5.60 Å². The first kappa shape index (κ1) is 21.9. The largest absolute Gasteiger partial charge is 0.497 e. The molecule has 0 N–H and O–H groups in total. The molecule has 2 aliphatic heterocycles. The van der Waals surface area contributed by atoms with Crippen LogP contribution < -0.4 is 9.47 Å². The number of hydrogen-bond donors (Lipinski definition) is 0. The van der Waals surface area contributed by atoms with Gasteiger partial charge in [-0.3, -0.25) is 0 Å². The first-order valence-corrected chi connectivity index (χ1v) is 11.1. The van der Waals surface area contributed by atoms with Crippen LogP contribution in [0.25, 0.3) is 0 Å². The molecule has 4 atom stereocenters. The Hall–Kier alpha value is -0.820. The van der Waals surface area contributed by atoms with Crippen molar-refractivity contribution in [3.63, 3.8) is 0 Å². The number of methoxy groups -OCH3 is 1. The van der Waals surface area contributed by atoms with Crippen molar-refractivity contribution in [3.8, 4) is 11.5 Å². The predicted octanol–water partition coefficient (Wildman–Crippen LogP) is 5.10. The highest BCUT2D eigenvalue weighted by atomic mass is 79.9. The second-order valence-electron chi connectivity index (χ2n) is 8.44. The van der Waals surface area contributed by atoms with Crippen LogP contribution in [0.2, 0.25) is 0 Å². The molecular weight excluding hydrogens is 424 g/mol. The summed E-state index contributed by atoms with van der Waals surface area (Å²) in [6, 6.07) is 7.70. The molecule has 2 fully saturated rings. The molecule has 28 heavy (non-hydrogen) atoms. The smallest absolute Gasteiger partial charge is 0.157 e. The molecule has 0 radical (unpaired) electrons. The van der Waals surface area contributed by atoms with Crippen LogP contribution in [0.1, 0.15) is 52.9 Å². The Bertz CT molecular complexity index is 614. The zero-order chi connectivity index (χ0) is 20.2. The molecule has 2 saturated heterocycles. The van der Waals surface area contributed by atoms with E-state index in [0.717, 1.165) is 50.2 Å². The molecule has 0 spiro atoms. The van der Waals surface area contributed by atoms with Gasteiger partial charge in [-0.1, -0.05) is 15.9 Å². The lowest BCUT2D eigenvalue weighted by Crippen LogP contribution is -2.51. The predicted molar refractivity (Wildman–Crippen MR) is 112 cm³/mol. The average molecular weight is 457 g/mol. The van der Waals surface area contributed by atoms with E-state index in [1.165, 1.54) is 0 Å². The molecule has 3 rings (SSSR count). The van der Waals surface area contributed by atoms with E-state index in [-0.39, 0.29) is 22.8 Å². The van der Waals surface area contributed by atoms with Gasteiger partial charge in [-0.15, -0.1) is 0 Å². The fourth-order valence-corrected chi connectivity index (χ4v) is 4.10. The molecule has 2 heterocycles. The Morgan fingerprint density at radius 1 is 1.07 bits per heavy atom. The Kier molecular flexibility index (Phi) is 7.29. The minimum absolute atomic E-state index is 0.145. The highest BCUT2D eigenvalue weighted by molar-refractivity contribution is 9.09. The zero-order valence-electron chi connectivity index (χ0n) is 17.4. The van der Waals surface area contributed by atoms with Gasteiger partial charge in [0.25, 0.3) is 0 Å². The van der Waals surface area contributed by atoms with E-state index in [1.807, 2.05) is 24.3 Å². The standard InChI is InChI=1S/C22H33BrO5/c1-21(2)18(23)12-13-22(3,27-17-10-8-16(24-4)9-11-17)19(28-21)15-26-20-7-5-6-14-25-20/h8-11,18-20H,5-7,12-15H2,1-4H3/t18-,19+,20?,22+/m0/s1. The maximum atomic E-state index is 6.56. The number of halogens is 1. The monoisotopic (exact) mass is 456 g/mol. The summed E-state index contributed by atoms with van der Waals surface area (Å²) in [5.74, 6) is 1.61. The molecule has 5 nitrogen and oxygen atoms in total. The van der Waals surface area contributed by atoms with Crippen LogP contribution in [0.3, 0.4) is 0 Å². The number of alkyl halides is 1. The maximum absolute atomic E-state index is 6.56. The van der Waals surface area contributed by atoms with Crippen molar-refractivity contribution in [2.45, 2.75) is 81.3 Å². The van der Waals surface area contributed by atoms with Crippen LogP contribution >= 0.6 is 15.9 Å². The molecule has 0 amide bonds. The Morgan fingerprint density at radius 2 is 1.79 bits per heavy atom. The lowest BCUT2D eigenvalue weighted by molar-refractivity contribution is -0.212. The van der Waals surface area contributed by atoms with Gasteiger partial charge in [0.2, 0.25) is 0 Å². The third kappa shape index (κ3) is 5.41. The number of ether oxygens (including phenoxy) is 5. The molecule has 1 aromatic carbocycles. The molecule has 6 heteroatoms. The van der Waals surface area contributed by atoms with E-state index in [2.05, 4.69) is 36.7 Å². The Morgan fingerprint density at radius 3 is 2.43 bits per heavy atom. The quantitative estimate of drug-likeness (QED) is 0.557. The highest BCUT2D eigenvalue weighted by Crippen LogP contribution is 2.40. The molecule has 0 saturated carbocycles. The maximum Gasteiger partial charge on any atom is 0.157 e. The van der Waals surface area contributed by atoms with Crippen LogP contribution in [0, 0.1) is 0 Å². The van der Waals surface area contributed by atoms with Crippen molar-refractivity contribution in [1.29, 1.82) is 0 Å². The van der Waals surface area contributed by atoms with Gasteiger partial charge in [-0.25, -0.2) is 0 Å². The molecule has 0 aliphatic carbocycles. The minimum atomic E-state index is -0.511. The third-order valence-electron chi connectivity index (χ3n) is 5.76. The van der Waals surface area contributed by atoms with Crippen molar-refractivity contribution >= 4 is 15.9 Å². The lowest BCUT2D eigenvalue weighted by atomic mass is 9.92. The normalized spacial score (nSPS) is 33.1. The van der Waals surface area contributed by atoms with Crippen molar-refractivity contribution in [3.05, 3.63) is 24.3 Å². The van der Waals surface area contributed by atoms with Crippen LogP contribution in [0.15, 0.2) is 24.3 Å². The first-order valence-electron chi connectivity index (χ1n) is 10.2. The van der Waals surface area contributed by atoms with Crippen molar-refractivity contribution in [1.82, 2.24) is 0 Å². The van der Waals surface area contributed by atoms with E-state index in [9.17, 15) is 0 Å². The summed E-state index contributed by atoms with van der Waals surface area (Å²) in [6.45, 7) is 7.57. The Balaban J connectivity index is 1.76. The fourth-order valence-electron chi connectivity index (χ4n) is 3.76. The van der Waals surface area contributed by atoms with E-state index in [4.69, 9.17) is 23.7 Å². The van der Waals surface area contributed by atoms with Crippen molar-refractivity contribution < 1.29 is 23.7 Å². The number of benzene rings is 1. The molecule has 158 valence electrons. The van der Waals surface area contributed by atoms with E-state index in [1.54, 1.807) is 7.11 Å². The second kappa shape index (κ2) is 9.33. The first-order chi connectivity index (χ1) is 13.3. The summed E-state index contributed by atoms with van der Waals surface area (Å²) in [7, 11) is 1.66. The summed E-state index contributed by atoms with van der Waals surface area (Å²) < 4.78 is 30.2. The van der Waals surface area contributed by atoms with Gasteiger partial charge >= 0.3 is 0 Å². The number of rotatable bonds is 6. The zero-order valence-corrected chi connectivity index (χ0v) is 19.0. The summed E-state index contributed by atoms with van der Waals surface area (Å²) in [6.07, 6.45) is 4.65. The number of hydrogen-bond acceptors (Lipinski definition) is 5. The molecule has 0 aromatic heterocycles. The van der Waals surface area contributed by atoms with Gasteiger partial charge < -0.3 is 23.7 Å². The summed E-state index contributed by atoms with van der Waals surface area (Å²) in [5.41, 5.74) is -0.828. The molecule has 1 unspecified atom stereocenters. The second-order valence-corrected chi connectivity index (χ2v) is 9.54. The summed E-state index contributed by atoms with van der Waals surface area (Å²) >= 11 is 3.81. The molecule has 1 aromatic rings. The van der Waals surface area contributed by atoms with Gasteiger partial charge in [0.15, 0.2) is 6.29 Å². The van der Waals surface area contributed by atoms with Crippen LogP contribution in [0.5, 0.6) is 11.5 Å². The average Bonchev–Trinajstić information content (AvgIpc) is 2.78. The minimum Gasteiger partial charge on any atom is -0.497 e. The van der Waals surface area contributed by atoms with Gasteiger partial charge in [-0.2, -0.15) is 0 Å². The third-order valence-corrected chi connectivity index (χ3v) is 7.32. The fraction of sp³-hybridized carbons (Fsp3) is 0.727. The molecular formula is C22H33BrO5. The molecule has 0 bridgehead atoms. The summed E-state index contributed by atoms with van der Waals surface area (Å²) in [4.78, 5) is 0.245. The highest BCUT2D eigenvalue weighted by Gasteiger charge is 2.47.